The maximum absolute atomic E-state index is 12.9. The summed E-state index contributed by atoms with van der Waals surface area (Å²) in [5.41, 5.74) is -0.618. The van der Waals surface area contributed by atoms with Gasteiger partial charge in [0.1, 0.15) is 35.9 Å². The number of carbonyl (C=O) groups is 3. The highest BCUT2D eigenvalue weighted by molar-refractivity contribution is 8.14. The largest absolute Gasteiger partial charge is 0.463 e. The summed E-state index contributed by atoms with van der Waals surface area (Å²) in [6.45, 7) is 2.66. The summed E-state index contributed by atoms with van der Waals surface area (Å²) >= 11 is 1.06. The Kier molecular flexibility index (Phi) is 6.16. The Labute approximate surface area is 142 Å². The Morgan fingerprint density at radius 3 is 2.29 bits per heavy atom. The van der Waals surface area contributed by atoms with E-state index in [0.29, 0.717) is 0 Å². The third-order valence-corrected chi connectivity index (χ3v) is 4.44. The zero-order valence-corrected chi connectivity index (χ0v) is 14.2. The van der Waals surface area contributed by atoms with Gasteiger partial charge in [-0.2, -0.15) is 0 Å². The Bertz CT molecular complexity index is 555. The van der Waals surface area contributed by atoms with Crippen LogP contribution in [0.5, 0.6) is 0 Å². The van der Waals surface area contributed by atoms with Crippen LogP contribution in [0.25, 0.3) is 0 Å². The summed E-state index contributed by atoms with van der Waals surface area (Å²) in [6.07, 6.45) is -2.83. The van der Waals surface area contributed by atoms with Crippen molar-refractivity contribution in [1.82, 2.24) is 0 Å². The molecule has 0 aromatic heterocycles. The molecule has 2 aliphatic rings. The molecule has 1 fully saturated rings. The third-order valence-electron chi connectivity index (χ3n) is 3.33. The fourth-order valence-corrected chi connectivity index (χ4v) is 3.58. The van der Waals surface area contributed by atoms with E-state index in [9.17, 15) is 18.8 Å². The fraction of sp³-hybridized carbons (Fsp3) is 0.714. The van der Waals surface area contributed by atoms with Crippen molar-refractivity contribution in [3.8, 4) is 0 Å². The SMILES string of the molecule is CC(=O)OC[C@H]1OC2SC(CF)=N[C@H]2[C@@H](OC(C)=O)[C@@H]1OC(C)=O. The Balaban J connectivity index is 2.27. The molecule has 0 amide bonds. The second kappa shape index (κ2) is 7.93. The van der Waals surface area contributed by atoms with Crippen LogP contribution in [0.2, 0.25) is 0 Å². The zero-order valence-electron chi connectivity index (χ0n) is 13.4. The molecule has 8 nitrogen and oxygen atoms in total. The number of esters is 3. The number of thioether (sulfide) groups is 1. The molecule has 0 bridgehead atoms. The molecular weight excluding hydrogens is 345 g/mol. The number of ether oxygens (including phenoxy) is 4. The van der Waals surface area contributed by atoms with Gasteiger partial charge in [-0.25, -0.2) is 4.39 Å². The van der Waals surface area contributed by atoms with Crippen molar-refractivity contribution in [2.45, 2.75) is 50.6 Å². The van der Waals surface area contributed by atoms with E-state index in [2.05, 4.69) is 4.99 Å². The van der Waals surface area contributed by atoms with Crippen LogP contribution in [0.15, 0.2) is 4.99 Å². The molecule has 0 aliphatic carbocycles. The van der Waals surface area contributed by atoms with Crippen LogP contribution in [-0.4, -0.2) is 66.0 Å². The summed E-state index contributed by atoms with van der Waals surface area (Å²) in [5.74, 6) is -1.75. The van der Waals surface area contributed by atoms with Gasteiger partial charge in [-0.3, -0.25) is 19.4 Å². The second-order valence-corrected chi connectivity index (χ2v) is 6.43. The van der Waals surface area contributed by atoms with E-state index in [-0.39, 0.29) is 11.7 Å². The topological polar surface area (TPSA) is 100 Å². The van der Waals surface area contributed by atoms with Gasteiger partial charge in [-0.1, -0.05) is 11.8 Å². The molecule has 2 heterocycles. The zero-order chi connectivity index (χ0) is 17.9. The van der Waals surface area contributed by atoms with E-state index in [1.165, 1.54) is 20.8 Å². The van der Waals surface area contributed by atoms with Crippen molar-refractivity contribution < 1.29 is 37.7 Å². The van der Waals surface area contributed by atoms with Crippen LogP contribution in [0, 0.1) is 0 Å². The number of hydrogen-bond donors (Lipinski definition) is 0. The molecule has 24 heavy (non-hydrogen) atoms. The first kappa shape index (κ1) is 18.7. The molecule has 1 unspecified atom stereocenters. The first-order chi connectivity index (χ1) is 11.3. The number of carbonyl (C=O) groups excluding carboxylic acids is 3. The summed E-state index contributed by atoms with van der Waals surface area (Å²) < 4.78 is 34.1. The van der Waals surface area contributed by atoms with E-state index in [4.69, 9.17) is 18.9 Å². The van der Waals surface area contributed by atoms with Crippen molar-refractivity contribution in [1.29, 1.82) is 0 Å². The number of alkyl halides is 1. The molecule has 1 saturated heterocycles. The highest BCUT2D eigenvalue weighted by atomic mass is 32.2. The van der Waals surface area contributed by atoms with E-state index in [1.54, 1.807) is 0 Å². The molecule has 0 N–H and O–H groups in total. The minimum Gasteiger partial charge on any atom is -0.463 e. The molecule has 0 radical (unpaired) electrons. The molecule has 2 aliphatic heterocycles. The molecule has 10 heteroatoms. The minimum absolute atomic E-state index is 0.195. The van der Waals surface area contributed by atoms with E-state index in [1.807, 2.05) is 0 Å². The summed E-state index contributed by atoms with van der Waals surface area (Å²) in [5, 5.41) is 0.205. The van der Waals surface area contributed by atoms with Crippen molar-refractivity contribution in [3.05, 3.63) is 0 Å². The number of aliphatic imine (C=N–C) groups is 1. The predicted octanol–water partition coefficient (Wildman–Crippen LogP) is 0.621. The number of nitrogens with zero attached hydrogens (tertiary/aromatic N) is 1. The standard InChI is InChI=1S/C14H18FNO7S/c1-6(17)20-5-9-12(21-7(2)18)13(22-8(3)19)11-14(23-9)24-10(4-15)16-11/h9,11-14H,4-5H2,1-3H3/t9-,11+,12-,13-,14?/m1/s1. The van der Waals surface area contributed by atoms with Crippen molar-refractivity contribution >= 4 is 34.7 Å². The molecule has 5 atom stereocenters. The molecular formula is C14H18FNO7S. The van der Waals surface area contributed by atoms with Gasteiger partial charge in [0.05, 0.1) is 0 Å². The fourth-order valence-electron chi connectivity index (χ4n) is 2.52. The molecule has 0 aromatic rings. The Hall–Kier alpha value is -1.68. The van der Waals surface area contributed by atoms with Gasteiger partial charge < -0.3 is 18.9 Å². The lowest BCUT2D eigenvalue weighted by molar-refractivity contribution is -0.208. The lowest BCUT2D eigenvalue weighted by Crippen LogP contribution is -2.59. The van der Waals surface area contributed by atoms with Gasteiger partial charge >= 0.3 is 17.9 Å². The van der Waals surface area contributed by atoms with Crippen molar-refractivity contribution in [2.75, 3.05) is 13.3 Å². The van der Waals surface area contributed by atoms with Crippen LogP contribution >= 0.6 is 11.8 Å². The van der Waals surface area contributed by atoms with Crippen molar-refractivity contribution in [2.24, 2.45) is 4.99 Å². The molecule has 134 valence electrons. The first-order valence-corrected chi connectivity index (χ1v) is 8.12. The summed E-state index contributed by atoms with van der Waals surface area (Å²) in [4.78, 5) is 38.1. The smallest absolute Gasteiger partial charge is 0.303 e. The van der Waals surface area contributed by atoms with Crippen LogP contribution in [0.3, 0.4) is 0 Å². The van der Waals surface area contributed by atoms with Gasteiger partial charge in [0.2, 0.25) is 0 Å². The van der Waals surface area contributed by atoms with E-state index in [0.717, 1.165) is 11.8 Å². The average Bonchev–Trinajstić information content (AvgIpc) is 2.89. The quantitative estimate of drug-likeness (QED) is 0.518. The molecule has 0 aromatic carbocycles. The van der Waals surface area contributed by atoms with Crippen LogP contribution in [0.1, 0.15) is 20.8 Å². The number of fused-ring (bicyclic) bond motifs is 1. The van der Waals surface area contributed by atoms with Gasteiger partial charge in [0.25, 0.3) is 0 Å². The van der Waals surface area contributed by atoms with Gasteiger partial charge in [0, 0.05) is 20.8 Å². The predicted molar refractivity (Wildman–Crippen MR) is 81.2 cm³/mol. The lowest BCUT2D eigenvalue weighted by Gasteiger charge is -2.41. The highest BCUT2D eigenvalue weighted by Gasteiger charge is 2.53. The van der Waals surface area contributed by atoms with Crippen LogP contribution < -0.4 is 0 Å². The van der Waals surface area contributed by atoms with E-state index >= 15 is 0 Å². The molecule has 0 saturated carbocycles. The Morgan fingerprint density at radius 1 is 1.12 bits per heavy atom. The highest BCUT2D eigenvalue weighted by Crippen LogP contribution is 2.39. The van der Waals surface area contributed by atoms with Gasteiger partial charge in [-0.05, 0) is 0 Å². The van der Waals surface area contributed by atoms with E-state index < -0.39 is 54.4 Å². The summed E-state index contributed by atoms with van der Waals surface area (Å²) in [6, 6.07) is -0.706. The second-order valence-electron chi connectivity index (χ2n) is 5.26. The monoisotopic (exact) mass is 363 g/mol. The van der Waals surface area contributed by atoms with Gasteiger partial charge in [0.15, 0.2) is 12.2 Å². The Morgan fingerprint density at radius 2 is 1.75 bits per heavy atom. The number of rotatable bonds is 5. The van der Waals surface area contributed by atoms with Gasteiger partial charge in [-0.15, -0.1) is 0 Å². The maximum Gasteiger partial charge on any atom is 0.303 e. The molecule has 2 rings (SSSR count). The normalized spacial score (nSPS) is 31.7. The first-order valence-electron chi connectivity index (χ1n) is 7.24. The number of hydrogen-bond acceptors (Lipinski definition) is 9. The van der Waals surface area contributed by atoms with Crippen LogP contribution in [0.4, 0.5) is 4.39 Å². The molecule has 0 spiro atoms. The average molecular weight is 363 g/mol. The number of halogens is 1. The van der Waals surface area contributed by atoms with Crippen molar-refractivity contribution in [3.63, 3.8) is 0 Å². The third kappa shape index (κ3) is 4.44. The van der Waals surface area contributed by atoms with Crippen LogP contribution in [-0.2, 0) is 33.3 Å². The lowest BCUT2D eigenvalue weighted by atomic mass is 9.98. The maximum atomic E-state index is 12.9. The minimum atomic E-state index is -1.02. The summed E-state index contributed by atoms with van der Waals surface area (Å²) in [7, 11) is 0.